The number of benzene rings is 2. The molecule has 3 rings (SSSR count). The second-order valence-corrected chi connectivity index (χ2v) is 5.85. The van der Waals surface area contributed by atoms with Crippen LogP contribution in [-0.2, 0) is 0 Å². The molecule has 0 bridgehead atoms. The molecule has 6 nitrogen and oxygen atoms in total. The minimum absolute atomic E-state index is 0.172. The van der Waals surface area contributed by atoms with Gasteiger partial charge in [0.15, 0.2) is 11.5 Å². The van der Waals surface area contributed by atoms with Gasteiger partial charge < -0.3 is 24.8 Å². The van der Waals surface area contributed by atoms with E-state index in [4.69, 9.17) is 9.47 Å². The largest absolute Gasteiger partial charge is 0.508 e. The molecular formula is C19H22N2O4. The smallest absolute Gasteiger partial charge is 0.322 e. The molecule has 0 radical (unpaired) electrons. The van der Waals surface area contributed by atoms with Crippen LogP contribution in [0.3, 0.4) is 0 Å². The Balaban J connectivity index is 1.74. The number of nitrogens with one attached hydrogen (secondary N) is 1. The highest BCUT2D eigenvalue weighted by molar-refractivity contribution is 5.90. The van der Waals surface area contributed by atoms with Gasteiger partial charge in [0.05, 0.1) is 6.04 Å². The van der Waals surface area contributed by atoms with Gasteiger partial charge in [-0.25, -0.2) is 4.79 Å². The molecule has 0 spiro atoms. The van der Waals surface area contributed by atoms with Gasteiger partial charge in [-0.1, -0.05) is 12.1 Å². The predicted molar refractivity (Wildman–Crippen MR) is 95.4 cm³/mol. The number of anilines is 1. The highest BCUT2D eigenvalue weighted by atomic mass is 16.6. The summed E-state index contributed by atoms with van der Waals surface area (Å²) >= 11 is 0. The van der Waals surface area contributed by atoms with E-state index < -0.39 is 0 Å². The molecule has 1 heterocycles. The van der Waals surface area contributed by atoms with E-state index in [2.05, 4.69) is 5.32 Å². The van der Waals surface area contributed by atoms with Crippen LogP contribution >= 0.6 is 0 Å². The number of hydrogen-bond donors (Lipinski definition) is 2. The fourth-order valence-corrected chi connectivity index (χ4v) is 2.87. The number of carbonyl (C=O) groups excluding carboxylic acids is 1. The van der Waals surface area contributed by atoms with Gasteiger partial charge in [0.1, 0.15) is 19.0 Å². The Morgan fingerprint density at radius 2 is 1.96 bits per heavy atom. The summed E-state index contributed by atoms with van der Waals surface area (Å²) in [6.07, 6.45) is 0. The van der Waals surface area contributed by atoms with E-state index in [0.717, 1.165) is 5.56 Å². The number of aromatic hydroxyl groups is 1. The van der Waals surface area contributed by atoms with Gasteiger partial charge in [-0.15, -0.1) is 0 Å². The molecule has 0 saturated carbocycles. The van der Waals surface area contributed by atoms with Gasteiger partial charge in [0.2, 0.25) is 0 Å². The van der Waals surface area contributed by atoms with Gasteiger partial charge in [-0.05, 0) is 43.7 Å². The number of ether oxygens (including phenoxy) is 2. The van der Waals surface area contributed by atoms with Crippen LogP contribution < -0.4 is 14.8 Å². The van der Waals surface area contributed by atoms with Crippen molar-refractivity contribution in [2.75, 3.05) is 25.1 Å². The number of hydrogen-bond acceptors (Lipinski definition) is 4. The van der Waals surface area contributed by atoms with Crippen LogP contribution in [0.4, 0.5) is 10.5 Å². The lowest BCUT2D eigenvalue weighted by Gasteiger charge is -2.29. The maximum absolute atomic E-state index is 12.7. The molecular weight excluding hydrogens is 320 g/mol. The number of carbonyl (C=O) groups is 1. The molecule has 2 N–H and O–H groups in total. The zero-order valence-electron chi connectivity index (χ0n) is 14.4. The second kappa shape index (κ2) is 7.34. The molecule has 0 aliphatic carbocycles. The Morgan fingerprint density at radius 3 is 2.68 bits per heavy atom. The number of phenols is 1. The summed E-state index contributed by atoms with van der Waals surface area (Å²) in [4.78, 5) is 14.4. The van der Waals surface area contributed by atoms with E-state index in [1.165, 1.54) is 0 Å². The minimum Gasteiger partial charge on any atom is -0.508 e. The first-order chi connectivity index (χ1) is 12.1. The van der Waals surface area contributed by atoms with Crippen LogP contribution in [0.1, 0.15) is 25.5 Å². The van der Waals surface area contributed by atoms with Crippen molar-refractivity contribution in [3.8, 4) is 17.2 Å². The summed E-state index contributed by atoms with van der Waals surface area (Å²) < 4.78 is 11.0. The van der Waals surface area contributed by atoms with E-state index in [1.54, 1.807) is 41.3 Å². The van der Waals surface area contributed by atoms with Gasteiger partial charge in [0.25, 0.3) is 0 Å². The van der Waals surface area contributed by atoms with Crippen molar-refractivity contribution < 1.29 is 19.4 Å². The average molecular weight is 342 g/mol. The molecule has 25 heavy (non-hydrogen) atoms. The van der Waals surface area contributed by atoms with Crippen LogP contribution in [0.15, 0.2) is 42.5 Å². The zero-order valence-corrected chi connectivity index (χ0v) is 14.4. The standard InChI is InChI=1S/C19H22N2O4/c1-3-21(13(2)14-5-4-6-16(22)11-14)19(23)20-15-7-8-17-18(12-15)25-10-9-24-17/h4-8,11-13,22H,3,9-10H2,1-2H3,(H,20,23). The lowest BCUT2D eigenvalue weighted by atomic mass is 10.1. The number of phenolic OH excluding ortho intramolecular Hbond substituents is 1. The lowest BCUT2D eigenvalue weighted by molar-refractivity contribution is 0.171. The summed E-state index contributed by atoms with van der Waals surface area (Å²) in [6, 6.07) is 11.9. The Kier molecular flexibility index (Phi) is 4.97. The number of urea groups is 1. The van der Waals surface area contributed by atoms with E-state index in [9.17, 15) is 9.90 Å². The number of amides is 2. The van der Waals surface area contributed by atoms with E-state index >= 15 is 0 Å². The van der Waals surface area contributed by atoms with Crippen LogP contribution in [0.5, 0.6) is 17.2 Å². The Bertz CT molecular complexity index is 763. The van der Waals surface area contributed by atoms with Crippen LogP contribution in [-0.4, -0.2) is 35.8 Å². The molecule has 2 aromatic rings. The molecule has 2 aromatic carbocycles. The zero-order chi connectivity index (χ0) is 17.8. The van der Waals surface area contributed by atoms with E-state index in [1.807, 2.05) is 19.9 Å². The van der Waals surface area contributed by atoms with Crippen LogP contribution in [0.25, 0.3) is 0 Å². The normalized spacial score (nSPS) is 13.8. The van der Waals surface area contributed by atoms with Gasteiger partial charge in [-0.3, -0.25) is 0 Å². The van der Waals surface area contributed by atoms with Crippen LogP contribution in [0, 0.1) is 0 Å². The maximum Gasteiger partial charge on any atom is 0.322 e. The molecule has 1 aliphatic heterocycles. The predicted octanol–water partition coefficient (Wildman–Crippen LogP) is 3.78. The SMILES string of the molecule is CCN(C(=O)Nc1ccc2c(c1)OCCO2)C(C)c1cccc(O)c1. The Labute approximate surface area is 147 Å². The highest BCUT2D eigenvalue weighted by Gasteiger charge is 2.21. The van der Waals surface area contributed by atoms with Gasteiger partial charge in [-0.2, -0.15) is 0 Å². The fraction of sp³-hybridized carbons (Fsp3) is 0.316. The number of fused-ring (bicyclic) bond motifs is 1. The summed E-state index contributed by atoms with van der Waals surface area (Å²) in [5.74, 6) is 1.51. The third kappa shape index (κ3) is 3.79. The van der Waals surface area contributed by atoms with Crippen molar-refractivity contribution in [1.82, 2.24) is 4.90 Å². The minimum atomic E-state index is -0.213. The summed E-state index contributed by atoms with van der Waals surface area (Å²) in [7, 11) is 0. The number of rotatable bonds is 4. The van der Waals surface area contributed by atoms with Gasteiger partial charge >= 0.3 is 6.03 Å². The Morgan fingerprint density at radius 1 is 1.20 bits per heavy atom. The fourth-order valence-electron chi connectivity index (χ4n) is 2.87. The second-order valence-electron chi connectivity index (χ2n) is 5.85. The topological polar surface area (TPSA) is 71.0 Å². The lowest BCUT2D eigenvalue weighted by Crippen LogP contribution is -2.36. The van der Waals surface area contributed by atoms with Crippen molar-refractivity contribution in [3.05, 3.63) is 48.0 Å². The first-order valence-electron chi connectivity index (χ1n) is 8.34. The van der Waals surface area contributed by atoms with Crippen molar-refractivity contribution in [2.45, 2.75) is 19.9 Å². The summed E-state index contributed by atoms with van der Waals surface area (Å²) in [5, 5.41) is 12.6. The van der Waals surface area contributed by atoms with Crippen LogP contribution in [0.2, 0.25) is 0 Å². The molecule has 6 heteroatoms. The van der Waals surface area contributed by atoms with Crippen molar-refractivity contribution >= 4 is 11.7 Å². The molecule has 2 amide bonds. The van der Waals surface area contributed by atoms with E-state index in [0.29, 0.717) is 36.9 Å². The van der Waals surface area contributed by atoms with E-state index in [-0.39, 0.29) is 17.8 Å². The van der Waals surface area contributed by atoms with Gasteiger partial charge in [0, 0.05) is 18.3 Å². The Hall–Kier alpha value is -2.89. The molecule has 0 fully saturated rings. The van der Waals surface area contributed by atoms with Crippen molar-refractivity contribution in [2.24, 2.45) is 0 Å². The average Bonchev–Trinajstić information content (AvgIpc) is 2.62. The first kappa shape index (κ1) is 17.0. The molecule has 1 aliphatic rings. The third-order valence-electron chi connectivity index (χ3n) is 4.22. The molecule has 1 unspecified atom stereocenters. The molecule has 1 atom stereocenters. The maximum atomic E-state index is 12.7. The molecule has 0 saturated heterocycles. The quantitative estimate of drug-likeness (QED) is 0.887. The monoisotopic (exact) mass is 342 g/mol. The third-order valence-corrected chi connectivity index (χ3v) is 4.22. The number of nitrogens with zero attached hydrogens (tertiary/aromatic N) is 1. The molecule has 132 valence electrons. The first-order valence-corrected chi connectivity index (χ1v) is 8.34. The summed E-state index contributed by atoms with van der Waals surface area (Å²) in [6.45, 7) is 5.42. The molecule has 0 aromatic heterocycles. The highest BCUT2D eigenvalue weighted by Crippen LogP contribution is 2.33. The summed E-state index contributed by atoms with van der Waals surface area (Å²) in [5.41, 5.74) is 1.52. The van der Waals surface area contributed by atoms with Crippen molar-refractivity contribution in [3.63, 3.8) is 0 Å². The van der Waals surface area contributed by atoms with Crippen molar-refractivity contribution in [1.29, 1.82) is 0 Å².